The van der Waals surface area contributed by atoms with Gasteiger partial charge in [0.05, 0.1) is 5.60 Å². The van der Waals surface area contributed by atoms with Crippen LogP contribution >= 0.6 is 23.2 Å². The van der Waals surface area contributed by atoms with E-state index in [9.17, 15) is 5.11 Å². The predicted molar refractivity (Wildman–Crippen MR) is 53.8 cm³/mol. The van der Waals surface area contributed by atoms with Crippen molar-refractivity contribution < 1.29 is 9.84 Å². The Kier molecular flexibility index (Phi) is 3.53. The molecule has 0 saturated heterocycles. The monoisotopic (exact) mass is 236 g/mol. The molecule has 0 aromatic carbocycles. The van der Waals surface area contributed by atoms with Crippen molar-refractivity contribution in [3.8, 4) is 5.88 Å². The second-order valence-electron chi connectivity index (χ2n) is 3.40. The zero-order chi connectivity index (χ0) is 10.8. The van der Waals surface area contributed by atoms with Gasteiger partial charge in [-0.2, -0.15) is 4.98 Å². The van der Waals surface area contributed by atoms with Gasteiger partial charge in [0.1, 0.15) is 11.8 Å². The summed E-state index contributed by atoms with van der Waals surface area (Å²) in [4.78, 5) is 7.43. The van der Waals surface area contributed by atoms with Crippen molar-refractivity contribution in [2.45, 2.75) is 19.4 Å². The molecule has 4 nitrogen and oxygen atoms in total. The topological polar surface area (TPSA) is 55.2 Å². The van der Waals surface area contributed by atoms with E-state index in [-0.39, 0.29) is 22.9 Å². The second kappa shape index (κ2) is 4.29. The summed E-state index contributed by atoms with van der Waals surface area (Å²) in [6.45, 7) is 3.35. The molecular formula is C8H10Cl2N2O2. The van der Waals surface area contributed by atoms with Gasteiger partial charge in [0.25, 0.3) is 0 Å². The molecule has 0 saturated carbocycles. The molecule has 0 amide bonds. The molecule has 0 bridgehead atoms. The summed E-state index contributed by atoms with van der Waals surface area (Å²) in [6, 6.07) is 1.43. The van der Waals surface area contributed by atoms with Gasteiger partial charge in [0, 0.05) is 6.07 Å². The lowest BCUT2D eigenvalue weighted by Gasteiger charge is -2.17. The smallest absolute Gasteiger partial charge is 0.227 e. The van der Waals surface area contributed by atoms with Crippen molar-refractivity contribution in [2.24, 2.45) is 0 Å². The van der Waals surface area contributed by atoms with Crippen LogP contribution in [0.25, 0.3) is 0 Å². The summed E-state index contributed by atoms with van der Waals surface area (Å²) in [5.74, 6) is 0.247. The lowest BCUT2D eigenvalue weighted by molar-refractivity contribution is 0.0268. The van der Waals surface area contributed by atoms with E-state index in [1.54, 1.807) is 13.8 Å². The third-order valence-electron chi connectivity index (χ3n) is 1.22. The van der Waals surface area contributed by atoms with Crippen LogP contribution in [-0.2, 0) is 0 Å². The lowest BCUT2D eigenvalue weighted by atomic mass is 10.2. The van der Waals surface area contributed by atoms with Crippen molar-refractivity contribution in [2.75, 3.05) is 6.61 Å². The molecule has 1 aromatic rings. The number of rotatable bonds is 3. The average Bonchev–Trinajstić information content (AvgIpc) is 1.97. The first-order valence-electron chi connectivity index (χ1n) is 3.92. The summed E-state index contributed by atoms with van der Waals surface area (Å²) in [5, 5.41) is 9.60. The maximum Gasteiger partial charge on any atom is 0.227 e. The quantitative estimate of drug-likeness (QED) is 0.644. The molecule has 0 aliphatic heterocycles. The first-order valence-corrected chi connectivity index (χ1v) is 4.68. The Balaban J connectivity index is 2.68. The first-order chi connectivity index (χ1) is 6.37. The molecule has 0 atom stereocenters. The number of nitrogens with zero attached hydrogens (tertiary/aromatic N) is 2. The molecule has 0 spiro atoms. The lowest BCUT2D eigenvalue weighted by Crippen LogP contribution is -2.28. The summed E-state index contributed by atoms with van der Waals surface area (Å²) < 4.78 is 5.16. The van der Waals surface area contributed by atoms with Crippen LogP contribution < -0.4 is 4.74 Å². The van der Waals surface area contributed by atoms with Gasteiger partial charge >= 0.3 is 0 Å². The zero-order valence-corrected chi connectivity index (χ0v) is 9.30. The highest BCUT2D eigenvalue weighted by molar-refractivity contribution is 6.31. The number of hydrogen-bond acceptors (Lipinski definition) is 4. The number of hydrogen-bond donors (Lipinski definition) is 1. The highest BCUT2D eigenvalue weighted by atomic mass is 35.5. The van der Waals surface area contributed by atoms with Crippen molar-refractivity contribution in [1.29, 1.82) is 0 Å². The van der Waals surface area contributed by atoms with Gasteiger partial charge in [-0.3, -0.25) is 0 Å². The summed E-state index contributed by atoms with van der Waals surface area (Å²) in [6.07, 6.45) is 0. The van der Waals surface area contributed by atoms with Crippen molar-refractivity contribution in [3.05, 3.63) is 16.5 Å². The largest absolute Gasteiger partial charge is 0.474 e. The van der Waals surface area contributed by atoms with Crippen molar-refractivity contribution >= 4 is 23.2 Å². The average molecular weight is 237 g/mol. The molecule has 14 heavy (non-hydrogen) atoms. The van der Waals surface area contributed by atoms with E-state index in [0.717, 1.165) is 0 Å². The molecule has 0 fully saturated rings. The molecule has 0 unspecified atom stereocenters. The van der Waals surface area contributed by atoms with Crippen LogP contribution in [0.15, 0.2) is 6.07 Å². The minimum atomic E-state index is -0.927. The fraction of sp³-hybridized carbons (Fsp3) is 0.500. The Labute approximate surface area is 91.8 Å². The third-order valence-corrected chi connectivity index (χ3v) is 1.58. The maximum atomic E-state index is 9.38. The standard InChI is InChI=1S/C8H10Cl2N2O2/c1-8(2,13)4-14-6-3-5(9)11-7(10)12-6/h3,13H,4H2,1-2H3. The molecule has 0 aliphatic rings. The first kappa shape index (κ1) is 11.5. The van der Waals surface area contributed by atoms with Gasteiger partial charge in [-0.15, -0.1) is 0 Å². The minimum Gasteiger partial charge on any atom is -0.474 e. The fourth-order valence-corrected chi connectivity index (χ4v) is 1.09. The van der Waals surface area contributed by atoms with E-state index in [2.05, 4.69) is 9.97 Å². The highest BCUT2D eigenvalue weighted by Crippen LogP contribution is 2.17. The Bertz CT molecular complexity index is 305. The number of aliphatic hydroxyl groups is 1. The van der Waals surface area contributed by atoms with Gasteiger partial charge in [-0.05, 0) is 25.4 Å². The molecule has 1 heterocycles. The molecular weight excluding hydrogens is 227 g/mol. The van der Waals surface area contributed by atoms with Crippen LogP contribution in [0.3, 0.4) is 0 Å². The second-order valence-corrected chi connectivity index (χ2v) is 4.12. The molecule has 1 aromatic heterocycles. The molecule has 1 rings (SSSR count). The van der Waals surface area contributed by atoms with Crippen LogP contribution in [0, 0.1) is 0 Å². The Morgan fingerprint density at radius 3 is 2.57 bits per heavy atom. The van der Waals surface area contributed by atoms with Gasteiger partial charge in [0.15, 0.2) is 0 Å². The SMILES string of the molecule is CC(C)(O)COc1cc(Cl)nc(Cl)n1. The molecule has 78 valence electrons. The minimum absolute atomic E-state index is 0.0169. The van der Waals surface area contributed by atoms with Gasteiger partial charge in [-0.25, -0.2) is 4.98 Å². The van der Waals surface area contributed by atoms with E-state index in [1.165, 1.54) is 6.07 Å². The summed E-state index contributed by atoms with van der Waals surface area (Å²) in [5.41, 5.74) is -0.927. The fourth-order valence-electron chi connectivity index (χ4n) is 0.695. The molecule has 6 heteroatoms. The van der Waals surface area contributed by atoms with Crippen LogP contribution in [0.5, 0.6) is 5.88 Å². The Hall–Kier alpha value is -0.580. The third kappa shape index (κ3) is 4.09. The van der Waals surface area contributed by atoms with E-state index < -0.39 is 5.60 Å². The Morgan fingerprint density at radius 1 is 1.43 bits per heavy atom. The predicted octanol–water partition coefficient (Wildman–Crippen LogP) is 1.93. The number of ether oxygens (including phenoxy) is 1. The maximum absolute atomic E-state index is 9.38. The van der Waals surface area contributed by atoms with E-state index in [0.29, 0.717) is 0 Å². The van der Waals surface area contributed by atoms with Crippen LogP contribution in [0.1, 0.15) is 13.8 Å². The van der Waals surface area contributed by atoms with E-state index >= 15 is 0 Å². The van der Waals surface area contributed by atoms with Gasteiger partial charge in [0.2, 0.25) is 11.2 Å². The van der Waals surface area contributed by atoms with Crippen LogP contribution in [0.2, 0.25) is 10.4 Å². The zero-order valence-electron chi connectivity index (χ0n) is 7.79. The number of aromatic nitrogens is 2. The van der Waals surface area contributed by atoms with E-state index in [1.807, 2.05) is 0 Å². The number of halogens is 2. The van der Waals surface area contributed by atoms with E-state index in [4.69, 9.17) is 27.9 Å². The highest BCUT2D eigenvalue weighted by Gasteiger charge is 2.14. The van der Waals surface area contributed by atoms with Crippen LogP contribution in [0.4, 0.5) is 0 Å². The van der Waals surface area contributed by atoms with Crippen molar-refractivity contribution in [1.82, 2.24) is 9.97 Å². The van der Waals surface area contributed by atoms with Crippen molar-refractivity contribution in [3.63, 3.8) is 0 Å². The molecule has 1 N–H and O–H groups in total. The summed E-state index contributed by atoms with van der Waals surface area (Å²) >= 11 is 11.2. The molecule has 0 aliphatic carbocycles. The normalized spacial score (nSPS) is 11.5. The van der Waals surface area contributed by atoms with Gasteiger partial charge in [-0.1, -0.05) is 11.6 Å². The Morgan fingerprint density at radius 2 is 2.07 bits per heavy atom. The van der Waals surface area contributed by atoms with Crippen LogP contribution in [-0.4, -0.2) is 27.3 Å². The van der Waals surface area contributed by atoms with Gasteiger partial charge < -0.3 is 9.84 Å². The molecule has 0 radical (unpaired) electrons. The summed E-state index contributed by atoms with van der Waals surface area (Å²) in [7, 11) is 0.